The molecule has 0 aliphatic carbocycles. The number of amidine groups is 1. The van der Waals surface area contributed by atoms with Crippen LogP contribution >= 0.6 is 23.2 Å². The smallest absolute Gasteiger partial charge is 0.125 e. The van der Waals surface area contributed by atoms with E-state index in [2.05, 4.69) is 5.10 Å². The largest absolute Gasteiger partial charge is 0.398 e. The summed E-state index contributed by atoms with van der Waals surface area (Å²) in [7, 11) is 1.57. The molecule has 0 saturated carbocycles. The van der Waals surface area contributed by atoms with Gasteiger partial charge in [0.2, 0.25) is 0 Å². The molecule has 16 heavy (non-hydrogen) atoms. The average molecular weight is 262 g/mol. The van der Waals surface area contributed by atoms with Crippen LogP contribution in [-0.4, -0.2) is 18.0 Å². The van der Waals surface area contributed by atoms with Crippen LogP contribution in [0.1, 0.15) is 5.56 Å². The number of nitrogen functional groups attached to an aromatic ring is 1. The molecule has 0 fully saturated rings. The predicted octanol–water partition coefficient (Wildman–Crippen LogP) is 1.20. The minimum Gasteiger partial charge on any atom is -0.398 e. The first-order chi connectivity index (χ1) is 7.40. The first-order valence-corrected chi connectivity index (χ1v) is 5.20. The molecular weight excluding hydrogens is 249 g/mol. The Hall–Kier alpha value is -1.17. The Kier molecular flexibility index (Phi) is 4.23. The maximum absolute atomic E-state index is 5.87. The van der Waals surface area contributed by atoms with Crippen LogP contribution < -0.4 is 17.3 Å². The van der Waals surface area contributed by atoms with E-state index in [0.717, 1.165) is 10.7 Å². The third-order valence-electron chi connectivity index (χ3n) is 1.84. The number of hydrogen-bond donors (Lipinski definition) is 3. The van der Waals surface area contributed by atoms with Crippen molar-refractivity contribution in [2.75, 3.05) is 12.8 Å². The second-order valence-electron chi connectivity index (χ2n) is 3.31. The molecule has 1 aromatic carbocycles. The molecule has 0 unspecified atom stereocenters. The highest BCUT2D eigenvalue weighted by atomic mass is 35.5. The van der Waals surface area contributed by atoms with Gasteiger partial charge in [0.25, 0.3) is 0 Å². The molecule has 0 aliphatic rings. The minimum atomic E-state index is 0.343. The van der Waals surface area contributed by atoms with Crippen LogP contribution in [0, 0.1) is 0 Å². The SMILES string of the molecule is CN(N)/N=C(\N)Cc1cc(Cl)c(Cl)cc1N. The van der Waals surface area contributed by atoms with Gasteiger partial charge in [-0.3, -0.25) is 0 Å². The number of hydrazone groups is 1. The Morgan fingerprint density at radius 2 is 1.94 bits per heavy atom. The van der Waals surface area contributed by atoms with Crippen molar-refractivity contribution in [2.24, 2.45) is 16.7 Å². The molecule has 0 radical (unpaired) electrons. The molecule has 0 aromatic heterocycles. The Labute approximate surface area is 104 Å². The van der Waals surface area contributed by atoms with Gasteiger partial charge in [-0.25, -0.2) is 11.0 Å². The summed E-state index contributed by atoms with van der Waals surface area (Å²) in [6, 6.07) is 3.25. The molecule has 0 bridgehead atoms. The van der Waals surface area contributed by atoms with Crippen molar-refractivity contribution in [2.45, 2.75) is 6.42 Å². The summed E-state index contributed by atoms with van der Waals surface area (Å²) in [5.41, 5.74) is 12.7. The third-order valence-corrected chi connectivity index (χ3v) is 2.56. The van der Waals surface area contributed by atoms with E-state index in [1.165, 1.54) is 0 Å². The number of nitrogens with two attached hydrogens (primary N) is 3. The number of hydrazine groups is 1. The number of benzene rings is 1. The fourth-order valence-electron chi connectivity index (χ4n) is 1.19. The zero-order valence-electron chi connectivity index (χ0n) is 8.74. The van der Waals surface area contributed by atoms with E-state index in [1.807, 2.05) is 0 Å². The lowest BCUT2D eigenvalue weighted by Crippen LogP contribution is -2.26. The summed E-state index contributed by atoms with van der Waals surface area (Å²) in [4.78, 5) is 0. The molecule has 1 rings (SSSR count). The van der Waals surface area contributed by atoms with Gasteiger partial charge < -0.3 is 11.5 Å². The molecule has 0 atom stereocenters. The zero-order valence-corrected chi connectivity index (χ0v) is 10.3. The number of rotatable bonds is 3. The van der Waals surface area contributed by atoms with Gasteiger partial charge in [0.1, 0.15) is 5.84 Å². The van der Waals surface area contributed by atoms with E-state index in [4.69, 9.17) is 40.5 Å². The number of nitrogens with zero attached hydrogens (tertiary/aromatic N) is 2. The fraction of sp³-hybridized carbons (Fsp3) is 0.222. The van der Waals surface area contributed by atoms with E-state index in [-0.39, 0.29) is 0 Å². The lowest BCUT2D eigenvalue weighted by Gasteiger charge is -2.09. The normalized spacial score (nSPS) is 11.6. The molecule has 88 valence electrons. The molecule has 1 aromatic rings. The predicted molar refractivity (Wildman–Crippen MR) is 68.2 cm³/mol. The third kappa shape index (κ3) is 3.44. The van der Waals surface area contributed by atoms with Crippen LogP contribution in [0.15, 0.2) is 17.2 Å². The van der Waals surface area contributed by atoms with Crippen molar-refractivity contribution in [3.63, 3.8) is 0 Å². The number of hydrogen-bond acceptors (Lipinski definition) is 4. The van der Waals surface area contributed by atoms with Gasteiger partial charge in [-0.1, -0.05) is 23.2 Å². The van der Waals surface area contributed by atoms with Gasteiger partial charge in [0.05, 0.1) is 10.0 Å². The van der Waals surface area contributed by atoms with Crippen molar-refractivity contribution in [1.29, 1.82) is 0 Å². The molecule has 0 spiro atoms. The van der Waals surface area contributed by atoms with Gasteiger partial charge in [-0.05, 0) is 17.7 Å². The fourth-order valence-corrected chi connectivity index (χ4v) is 1.55. The lowest BCUT2D eigenvalue weighted by atomic mass is 10.1. The van der Waals surface area contributed by atoms with Crippen LogP contribution in [0.3, 0.4) is 0 Å². The minimum absolute atomic E-state index is 0.343. The van der Waals surface area contributed by atoms with Crippen molar-refractivity contribution < 1.29 is 0 Å². The van der Waals surface area contributed by atoms with Gasteiger partial charge in [0, 0.05) is 19.2 Å². The average Bonchev–Trinajstić information content (AvgIpc) is 2.12. The summed E-state index contributed by atoms with van der Waals surface area (Å²) in [6.07, 6.45) is 0.365. The topological polar surface area (TPSA) is 93.7 Å². The Morgan fingerprint density at radius 1 is 1.38 bits per heavy atom. The molecule has 0 amide bonds. The Bertz CT molecular complexity index is 417. The highest BCUT2D eigenvalue weighted by molar-refractivity contribution is 6.42. The standard InChI is InChI=1S/C9H13Cl2N5/c1-16(14)15-9(13)3-5-2-6(10)7(11)4-8(5)12/h2,4H,3,12,14H2,1H3,(H2,13,15). The van der Waals surface area contributed by atoms with Gasteiger partial charge >= 0.3 is 0 Å². The monoisotopic (exact) mass is 261 g/mol. The van der Waals surface area contributed by atoms with E-state index in [0.29, 0.717) is 28.0 Å². The quantitative estimate of drug-likeness (QED) is 0.251. The summed E-state index contributed by atoms with van der Waals surface area (Å²) >= 11 is 11.7. The summed E-state index contributed by atoms with van der Waals surface area (Å²) in [5, 5.41) is 5.81. The first kappa shape index (κ1) is 12.9. The van der Waals surface area contributed by atoms with Gasteiger partial charge in [-0.15, -0.1) is 5.10 Å². The number of halogens is 2. The second-order valence-corrected chi connectivity index (χ2v) is 4.12. The summed E-state index contributed by atoms with van der Waals surface area (Å²) in [5.74, 6) is 5.67. The van der Waals surface area contributed by atoms with Crippen molar-refractivity contribution in [3.05, 3.63) is 27.7 Å². The highest BCUT2D eigenvalue weighted by Crippen LogP contribution is 2.27. The molecular formula is C9H13Cl2N5. The Balaban J connectivity index is 2.94. The lowest BCUT2D eigenvalue weighted by molar-refractivity contribution is 0.370. The number of anilines is 1. The van der Waals surface area contributed by atoms with Crippen LogP contribution in [0.5, 0.6) is 0 Å². The Morgan fingerprint density at radius 3 is 2.50 bits per heavy atom. The van der Waals surface area contributed by atoms with E-state index in [1.54, 1.807) is 19.2 Å². The summed E-state index contributed by atoms with van der Waals surface area (Å²) < 4.78 is 0. The van der Waals surface area contributed by atoms with E-state index in [9.17, 15) is 0 Å². The van der Waals surface area contributed by atoms with Gasteiger partial charge in [0.15, 0.2) is 0 Å². The zero-order chi connectivity index (χ0) is 12.3. The molecule has 0 saturated heterocycles. The maximum atomic E-state index is 5.87. The maximum Gasteiger partial charge on any atom is 0.125 e. The van der Waals surface area contributed by atoms with Crippen LogP contribution in [0.2, 0.25) is 10.0 Å². The molecule has 5 nitrogen and oxygen atoms in total. The van der Waals surface area contributed by atoms with Crippen LogP contribution in [-0.2, 0) is 6.42 Å². The van der Waals surface area contributed by atoms with Crippen LogP contribution in [0.25, 0.3) is 0 Å². The molecule has 0 aliphatic heterocycles. The van der Waals surface area contributed by atoms with Crippen molar-refractivity contribution in [3.8, 4) is 0 Å². The highest BCUT2D eigenvalue weighted by Gasteiger charge is 2.07. The first-order valence-electron chi connectivity index (χ1n) is 4.45. The van der Waals surface area contributed by atoms with Crippen molar-refractivity contribution >= 4 is 34.7 Å². The summed E-state index contributed by atoms with van der Waals surface area (Å²) in [6.45, 7) is 0. The molecule has 0 heterocycles. The van der Waals surface area contributed by atoms with Crippen LogP contribution in [0.4, 0.5) is 5.69 Å². The van der Waals surface area contributed by atoms with Gasteiger partial charge in [-0.2, -0.15) is 0 Å². The molecule has 7 heteroatoms. The van der Waals surface area contributed by atoms with E-state index < -0.39 is 0 Å². The van der Waals surface area contributed by atoms with Crippen molar-refractivity contribution in [1.82, 2.24) is 5.12 Å². The van der Waals surface area contributed by atoms with E-state index >= 15 is 0 Å². The second kappa shape index (κ2) is 5.25. The molecule has 6 N–H and O–H groups in total.